The SMILES string of the molecule is CCOc1ccc(-n2c(COc3ccc(Cl)cc3C)nnc2Sc2nc(-c3cccnc3)nc3scc(-c4ccccc4)c23)cc1. The van der Waals surface area contributed by atoms with Crippen molar-refractivity contribution in [2.45, 2.75) is 30.6 Å². The zero-order chi connectivity index (χ0) is 31.5. The highest BCUT2D eigenvalue weighted by molar-refractivity contribution is 7.99. The van der Waals surface area contributed by atoms with E-state index in [1.165, 1.54) is 11.8 Å². The van der Waals surface area contributed by atoms with Crippen molar-refractivity contribution in [3.63, 3.8) is 0 Å². The summed E-state index contributed by atoms with van der Waals surface area (Å²) in [5.41, 5.74) is 4.80. The first-order chi connectivity index (χ1) is 22.6. The first-order valence-electron chi connectivity index (χ1n) is 14.6. The predicted molar refractivity (Wildman–Crippen MR) is 183 cm³/mol. The Balaban J connectivity index is 1.34. The van der Waals surface area contributed by atoms with E-state index in [1.54, 1.807) is 23.7 Å². The van der Waals surface area contributed by atoms with Crippen LogP contribution in [0.5, 0.6) is 11.5 Å². The molecular formula is C35H27ClN6O2S2. The van der Waals surface area contributed by atoms with Crippen molar-refractivity contribution >= 4 is 44.9 Å². The van der Waals surface area contributed by atoms with E-state index in [2.05, 4.69) is 32.7 Å². The number of hydrogen-bond acceptors (Lipinski definition) is 9. The molecule has 228 valence electrons. The number of thiophene rings is 1. The molecule has 0 aliphatic rings. The molecular weight excluding hydrogens is 636 g/mol. The minimum Gasteiger partial charge on any atom is -0.494 e. The molecule has 0 spiro atoms. The summed E-state index contributed by atoms with van der Waals surface area (Å²) < 4.78 is 13.9. The van der Waals surface area contributed by atoms with Gasteiger partial charge >= 0.3 is 0 Å². The van der Waals surface area contributed by atoms with Crippen LogP contribution in [0.4, 0.5) is 0 Å². The van der Waals surface area contributed by atoms with Crippen LogP contribution in [0.2, 0.25) is 5.02 Å². The van der Waals surface area contributed by atoms with Crippen molar-refractivity contribution in [3.8, 4) is 39.7 Å². The number of aromatic nitrogens is 6. The second-order valence-corrected chi connectivity index (χ2v) is 12.5. The highest BCUT2D eigenvalue weighted by atomic mass is 35.5. The zero-order valence-electron chi connectivity index (χ0n) is 24.9. The molecule has 11 heteroatoms. The Labute approximate surface area is 279 Å². The van der Waals surface area contributed by atoms with Crippen LogP contribution in [0.25, 0.3) is 38.4 Å². The molecule has 0 N–H and O–H groups in total. The number of aryl methyl sites for hydroxylation is 1. The molecule has 0 radical (unpaired) electrons. The molecule has 0 atom stereocenters. The largest absolute Gasteiger partial charge is 0.494 e. The molecule has 0 saturated heterocycles. The van der Waals surface area contributed by atoms with E-state index in [0.717, 1.165) is 54.7 Å². The van der Waals surface area contributed by atoms with Crippen LogP contribution in [-0.4, -0.2) is 36.3 Å². The van der Waals surface area contributed by atoms with Gasteiger partial charge in [-0.2, -0.15) is 0 Å². The molecule has 0 bridgehead atoms. The second kappa shape index (κ2) is 13.3. The Bertz CT molecular complexity index is 2120. The standard InChI is InChI=1S/C35H27ClN6O2S2/c1-3-43-27-14-12-26(13-15-27)42-30(20-44-29-16-11-25(36)18-22(29)2)40-41-35(42)46-34-31-28(23-8-5-4-6-9-23)21-45-33(31)38-32(39-34)24-10-7-17-37-19-24/h4-19,21H,3,20H2,1-2H3. The molecule has 0 aliphatic carbocycles. The molecule has 4 aromatic heterocycles. The van der Waals surface area contributed by atoms with Gasteiger partial charge < -0.3 is 9.47 Å². The second-order valence-electron chi connectivity index (χ2n) is 10.3. The lowest BCUT2D eigenvalue weighted by molar-refractivity contribution is 0.291. The van der Waals surface area contributed by atoms with Crippen molar-refractivity contribution in [1.29, 1.82) is 0 Å². The molecule has 3 aromatic carbocycles. The number of benzene rings is 3. The summed E-state index contributed by atoms with van der Waals surface area (Å²) in [5.74, 6) is 2.74. The summed E-state index contributed by atoms with van der Waals surface area (Å²) in [4.78, 5) is 15.2. The van der Waals surface area contributed by atoms with E-state index in [4.69, 9.17) is 31.0 Å². The Morgan fingerprint density at radius 1 is 0.891 bits per heavy atom. The maximum absolute atomic E-state index is 6.23. The number of halogens is 1. The van der Waals surface area contributed by atoms with E-state index in [9.17, 15) is 0 Å². The number of fused-ring (bicyclic) bond motifs is 1. The first kappa shape index (κ1) is 29.9. The number of hydrogen-bond donors (Lipinski definition) is 0. The highest BCUT2D eigenvalue weighted by Crippen LogP contribution is 2.42. The van der Waals surface area contributed by atoms with Gasteiger partial charge in [0, 0.05) is 39.6 Å². The van der Waals surface area contributed by atoms with Crippen LogP contribution < -0.4 is 9.47 Å². The van der Waals surface area contributed by atoms with Crippen molar-refractivity contribution in [3.05, 3.63) is 119 Å². The molecule has 46 heavy (non-hydrogen) atoms. The maximum Gasteiger partial charge on any atom is 0.202 e. The fraction of sp³-hybridized carbons (Fsp3) is 0.114. The van der Waals surface area contributed by atoms with E-state index in [0.29, 0.717) is 28.4 Å². The normalized spacial score (nSPS) is 11.2. The van der Waals surface area contributed by atoms with Gasteiger partial charge in [-0.3, -0.25) is 9.55 Å². The molecule has 7 aromatic rings. The molecule has 0 amide bonds. The van der Waals surface area contributed by atoms with Crippen LogP contribution in [0.1, 0.15) is 18.3 Å². The number of rotatable bonds is 10. The van der Waals surface area contributed by atoms with Crippen molar-refractivity contribution in [2.75, 3.05) is 6.61 Å². The topological polar surface area (TPSA) is 87.8 Å². The van der Waals surface area contributed by atoms with Crippen molar-refractivity contribution in [2.24, 2.45) is 0 Å². The number of ether oxygens (including phenoxy) is 2. The van der Waals surface area contributed by atoms with Crippen molar-refractivity contribution in [1.82, 2.24) is 29.7 Å². The van der Waals surface area contributed by atoms with Gasteiger partial charge in [0.2, 0.25) is 5.16 Å². The average molecular weight is 663 g/mol. The Morgan fingerprint density at radius 2 is 1.72 bits per heavy atom. The van der Waals surface area contributed by atoms with Crippen LogP contribution in [0.15, 0.2) is 113 Å². The summed E-state index contributed by atoms with van der Waals surface area (Å²) in [7, 11) is 0. The minimum atomic E-state index is 0.192. The van der Waals surface area contributed by atoms with Crippen molar-refractivity contribution < 1.29 is 9.47 Å². The Hall–Kier alpha value is -4.77. The summed E-state index contributed by atoms with van der Waals surface area (Å²) in [6.45, 7) is 4.70. The number of nitrogens with zero attached hydrogens (tertiary/aromatic N) is 6. The molecule has 0 saturated carbocycles. The predicted octanol–water partition coefficient (Wildman–Crippen LogP) is 9.09. The third-order valence-electron chi connectivity index (χ3n) is 7.19. The fourth-order valence-corrected chi connectivity index (χ4v) is 7.25. The lowest BCUT2D eigenvalue weighted by Gasteiger charge is -2.13. The molecule has 0 aliphatic heterocycles. The summed E-state index contributed by atoms with van der Waals surface area (Å²) in [6, 6.07) is 27.6. The smallest absolute Gasteiger partial charge is 0.202 e. The zero-order valence-corrected chi connectivity index (χ0v) is 27.3. The fourth-order valence-electron chi connectivity index (χ4n) is 5.02. The molecule has 0 unspecified atom stereocenters. The molecule has 0 fully saturated rings. The third-order valence-corrected chi connectivity index (χ3v) is 9.24. The molecule has 7 rings (SSSR count). The Kier molecular flexibility index (Phi) is 8.65. The quantitative estimate of drug-likeness (QED) is 0.134. The van der Waals surface area contributed by atoms with E-state index in [-0.39, 0.29) is 6.61 Å². The van der Waals surface area contributed by atoms with Gasteiger partial charge in [0.25, 0.3) is 0 Å². The van der Waals surface area contributed by atoms with Gasteiger partial charge in [-0.05, 0) is 91.3 Å². The number of pyridine rings is 1. The van der Waals surface area contributed by atoms with Gasteiger partial charge in [0.15, 0.2) is 11.6 Å². The van der Waals surface area contributed by atoms with Gasteiger partial charge in [-0.15, -0.1) is 21.5 Å². The third kappa shape index (κ3) is 6.19. The van der Waals surface area contributed by atoms with Crippen LogP contribution in [0.3, 0.4) is 0 Å². The van der Waals surface area contributed by atoms with E-state index in [1.807, 2.05) is 91.2 Å². The maximum atomic E-state index is 6.23. The first-order valence-corrected chi connectivity index (χ1v) is 16.6. The highest BCUT2D eigenvalue weighted by Gasteiger charge is 2.22. The monoisotopic (exact) mass is 662 g/mol. The van der Waals surface area contributed by atoms with Crippen LogP contribution in [-0.2, 0) is 6.61 Å². The van der Waals surface area contributed by atoms with E-state index < -0.39 is 0 Å². The Morgan fingerprint density at radius 3 is 2.48 bits per heavy atom. The summed E-state index contributed by atoms with van der Waals surface area (Å²) in [5, 5.41) is 14.4. The van der Waals surface area contributed by atoms with E-state index >= 15 is 0 Å². The molecule has 8 nitrogen and oxygen atoms in total. The molecule has 4 heterocycles. The summed E-state index contributed by atoms with van der Waals surface area (Å²) >= 11 is 9.21. The van der Waals surface area contributed by atoms with Gasteiger partial charge in [0.05, 0.1) is 12.0 Å². The van der Waals surface area contributed by atoms with Gasteiger partial charge in [0.1, 0.15) is 28.0 Å². The average Bonchev–Trinajstić information content (AvgIpc) is 3.70. The van der Waals surface area contributed by atoms with Gasteiger partial charge in [-0.25, -0.2) is 9.97 Å². The minimum absolute atomic E-state index is 0.192. The van der Waals surface area contributed by atoms with Gasteiger partial charge in [-0.1, -0.05) is 41.9 Å². The summed E-state index contributed by atoms with van der Waals surface area (Å²) in [6.07, 6.45) is 3.52. The lowest BCUT2D eigenvalue weighted by atomic mass is 10.1. The lowest BCUT2D eigenvalue weighted by Crippen LogP contribution is -2.07. The van der Waals surface area contributed by atoms with Crippen LogP contribution in [0, 0.1) is 6.92 Å². The van der Waals surface area contributed by atoms with Crippen LogP contribution >= 0.6 is 34.7 Å².